The number of nitrogens with zero attached hydrogens (tertiary/aromatic N) is 4. The quantitative estimate of drug-likeness (QED) is 0.493. The van der Waals surface area contributed by atoms with Gasteiger partial charge in [-0.25, -0.2) is 0 Å². The Bertz CT molecular complexity index is 980. The molecule has 0 aromatic carbocycles. The highest BCUT2D eigenvalue weighted by molar-refractivity contribution is 5.80. The Morgan fingerprint density at radius 3 is 2.74 bits per heavy atom. The number of ether oxygens (including phenoxy) is 1. The molecule has 2 aromatic heterocycles. The van der Waals surface area contributed by atoms with Crippen molar-refractivity contribution in [2.75, 3.05) is 37.7 Å². The van der Waals surface area contributed by atoms with Gasteiger partial charge in [0.2, 0.25) is 5.91 Å². The Hall–Kier alpha value is -2.94. The number of carbonyl (C=O) groups excluding carboxylic acids is 1. The number of aliphatic hydroxyl groups is 1. The molecule has 9 heteroatoms. The number of aromatic nitrogens is 3. The normalized spacial score (nSPS) is 19.0. The zero-order valence-corrected chi connectivity index (χ0v) is 20.8. The summed E-state index contributed by atoms with van der Waals surface area (Å²) in [5.74, 6) is 2.37. The van der Waals surface area contributed by atoms with Gasteiger partial charge in [-0.3, -0.25) is 9.78 Å². The fourth-order valence-electron chi connectivity index (χ4n) is 4.49. The van der Waals surface area contributed by atoms with Crippen molar-refractivity contribution in [2.24, 2.45) is 11.8 Å². The van der Waals surface area contributed by atoms with Gasteiger partial charge in [0.15, 0.2) is 5.82 Å². The lowest BCUT2D eigenvalue weighted by Gasteiger charge is -2.30. The summed E-state index contributed by atoms with van der Waals surface area (Å²) in [5.41, 5.74) is 2.13. The third-order valence-corrected chi connectivity index (χ3v) is 6.80. The first-order valence-corrected chi connectivity index (χ1v) is 12.8. The summed E-state index contributed by atoms with van der Waals surface area (Å²) in [4.78, 5) is 23.5. The van der Waals surface area contributed by atoms with Crippen molar-refractivity contribution in [3.8, 4) is 5.75 Å². The smallest absolute Gasteiger partial charge is 0.324 e. The summed E-state index contributed by atoms with van der Waals surface area (Å²) in [6, 6.07) is 4.61. The lowest BCUT2D eigenvalue weighted by Crippen LogP contribution is -2.35. The van der Waals surface area contributed by atoms with Gasteiger partial charge >= 0.3 is 6.01 Å². The standard InChI is InChI=1S/C26H37N5O4/c1-18(2)24-29-26(35-30-24)31-13-10-19(11-14-31)17-34-22-8-9-23(28-16-22)20-4-6-21(7-5-20)25(33)27-12-3-15-32/h4,8-9,16,18-19,21,32H,3,5-7,10-15,17H2,1-2H3,(H,27,33). The van der Waals surface area contributed by atoms with Crippen LogP contribution in [-0.2, 0) is 4.79 Å². The molecule has 1 aliphatic heterocycles. The van der Waals surface area contributed by atoms with E-state index in [1.165, 1.54) is 5.57 Å². The summed E-state index contributed by atoms with van der Waals surface area (Å²) in [7, 11) is 0. The van der Waals surface area contributed by atoms with Gasteiger partial charge < -0.3 is 24.6 Å². The van der Waals surface area contributed by atoms with E-state index in [9.17, 15) is 4.79 Å². The van der Waals surface area contributed by atoms with Gasteiger partial charge in [-0.1, -0.05) is 25.1 Å². The van der Waals surface area contributed by atoms with Gasteiger partial charge in [-0.2, -0.15) is 4.98 Å². The molecule has 1 saturated heterocycles. The highest BCUT2D eigenvalue weighted by Gasteiger charge is 2.25. The summed E-state index contributed by atoms with van der Waals surface area (Å²) in [5, 5.41) is 15.8. The summed E-state index contributed by atoms with van der Waals surface area (Å²) >= 11 is 0. The van der Waals surface area contributed by atoms with E-state index in [4.69, 9.17) is 14.4 Å². The maximum atomic E-state index is 12.2. The van der Waals surface area contributed by atoms with E-state index < -0.39 is 0 Å². The van der Waals surface area contributed by atoms with E-state index >= 15 is 0 Å². The third-order valence-electron chi connectivity index (χ3n) is 6.80. The first kappa shape index (κ1) is 25.2. The van der Waals surface area contributed by atoms with Crippen LogP contribution in [0, 0.1) is 11.8 Å². The average molecular weight is 484 g/mol. The van der Waals surface area contributed by atoms with Gasteiger partial charge in [0.1, 0.15) is 5.75 Å². The fourth-order valence-corrected chi connectivity index (χ4v) is 4.49. The van der Waals surface area contributed by atoms with Crippen LogP contribution in [0.25, 0.3) is 5.57 Å². The molecule has 0 radical (unpaired) electrons. The number of nitrogens with one attached hydrogen (secondary N) is 1. The number of carbonyl (C=O) groups is 1. The Morgan fingerprint density at radius 1 is 1.29 bits per heavy atom. The van der Waals surface area contributed by atoms with Crippen molar-refractivity contribution in [3.05, 3.63) is 35.9 Å². The van der Waals surface area contributed by atoms with E-state index in [0.717, 1.165) is 62.5 Å². The molecule has 35 heavy (non-hydrogen) atoms. The molecule has 9 nitrogen and oxygen atoms in total. The van der Waals surface area contributed by atoms with E-state index in [-0.39, 0.29) is 24.3 Å². The van der Waals surface area contributed by atoms with Crippen molar-refractivity contribution in [3.63, 3.8) is 0 Å². The second kappa shape index (κ2) is 12.2. The van der Waals surface area contributed by atoms with Crippen LogP contribution >= 0.6 is 0 Å². The molecule has 4 rings (SSSR count). The average Bonchev–Trinajstić information content (AvgIpc) is 3.39. The van der Waals surface area contributed by atoms with Crippen LogP contribution in [0.2, 0.25) is 0 Å². The number of rotatable bonds is 10. The molecule has 0 spiro atoms. The zero-order valence-electron chi connectivity index (χ0n) is 20.8. The van der Waals surface area contributed by atoms with Gasteiger partial charge in [-0.05, 0) is 62.1 Å². The summed E-state index contributed by atoms with van der Waals surface area (Å²) in [6.45, 7) is 7.20. The Labute approximate surface area is 207 Å². The monoisotopic (exact) mass is 483 g/mol. The van der Waals surface area contributed by atoms with Gasteiger partial charge in [-0.15, -0.1) is 0 Å². The molecule has 0 bridgehead atoms. The highest BCUT2D eigenvalue weighted by Crippen LogP contribution is 2.30. The SMILES string of the molecule is CC(C)c1noc(N2CCC(COc3ccc(C4=CCC(C(=O)NCCCO)CC4)nc3)CC2)n1. The van der Waals surface area contributed by atoms with Crippen molar-refractivity contribution in [1.82, 2.24) is 20.4 Å². The predicted molar refractivity (Wildman–Crippen MR) is 133 cm³/mol. The molecule has 1 fully saturated rings. The van der Waals surface area contributed by atoms with Gasteiger partial charge in [0.25, 0.3) is 0 Å². The molecule has 0 saturated carbocycles. The maximum absolute atomic E-state index is 12.2. The van der Waals surface area contributed by atoms with Crippen molar-refractivity contribution < 1.29 is 19.2 Å². The Morgan fingerprint density at radius 2 is 2.11 bits per heavy atom. The van der Waals surface area contributed by atoms with Crippen LogP contribution < -0.4 is 15.0 Å². The minimum absolute atomic E-state index is 0.00329. The Balaban J connectivity index is 1.20. The van der Waals surface area contributed by atoms with Crippen LogP contribution in [0.15, 0.2) is 28.9 Å². The van der Waals surface area contributed by atoms with Crippen LogP contribution in [-0.4, -0.2) is 59.0 Å². The Kier molecular flexibility index (Phi) is 8.74. The lowest BCUT2D eigenvalue weighted by molar-refractivity contribution is -0.125. The fraction of sp³-hybridized carbons (Fsp3) is 0.615. The second-order valence-electron chi connectivity index (χ2n) is 9.78. The van der Waals surface area contributed by atoms with Gasteiger partial charge in [0, 0.05) is 38.1 Å². The number of piperidine rings is 1. The number of anilines is 1. The minimum atomic E-state index is 0.00329. The van der Waals surface area contributed by atoms with Crippen molar-refractivity contribution in [2.45, 2.75) is 58.3 Å². The molecule has 2 aliphatic rings. The molecule has 1 amide bonds. The molecule has 1 aliphatic carbocycles. The zero-order chi connectivity index (χ0) is 24.6. The van der Waals surface area contributed by atoms with Crippen LogP contribution in [0.3, 0.4) is 0 Å². The van der Waals surface area contributed by atoms with Crippen LogP contribution in [0.4, 0.5) is 6.01 Å². The molecule has 3 heterocycles. The molecule has 2 N–H and O–H groups in total. The number of allylic oxidation sites excluding steroid dienone is 2. The molecule has 2 aromatic rings. The molecular formula is C26H37N5O4. The maximum Gasteiger partial charge on any atom is 0.324 e. The van der Waals surface area contributed by atoms with E-state index in [0.29, 0.717) is 31.5 Å². The number of hydrogen-bond donors (Lipinski definition) is 2. The number of amides is 1. The van der Waals surface area contributed by atoms with Crippen molar-refractivity contribution >= 4 is 17.5 Å². The summed E-state index contributed by atoms with van der Waals surface area (Å²) < 4.78 is 11.5. The van der Waals surface area contributed by atoms with Crippen molar-refractivity contribution in [1.29, 1.82) is 0 Å². The van der Waals surface area contributed by atoms with E-state index in [2.05, 4.69) is 45.3 Å². The molecule has 1 atom stereocenters. The highest BCUT2D eigenvalue weighted by atomic mass is 16.5. The largest absolute Gasteiger partial charge is 0.492 e. The van der Waals surface area contributed by atoms with Crippen LogP contribution in [0.1, 0.15) is 69.8 Å². The second-order valence-corrected chi connectivity index (χ2v) is 9.78. The predicted octanol–water partition coefficient (Wildman–Crippen LogP) is 3.57. The lowest BCUT2D eigenvalue weighted by atomic mass is 9.87. The number of pyridine rings is 1. The molecule has 1 unspecified atom stereocenters. The first-order valence-electron chi connectivity index (χ1n) is 12.8. The number of aliphatic hydroxyl groups excluding tert-OH is 1. The molecule has 190 valence electrons. The first-order chi connectivity index (χ1) is 17.0. The third kappa shape index (κ3) is 6.81. The van der Waals surface area contributed by atoms with E-state index in [1.807, 2.05) is 12.1 Å². The number of hydrogen-bond acceptors (Lipinski definition) is 8. The summed E-state index contributed by atoms with van der Waals surface area (Å²) in [6.07, 6.45) is 8.94. The van der Waals surface area contributed by atoms with E-state index in [1.54, 1.807) is 6.20 Å². The minimum Gasteiger partial charge on any atom is -0.492 e. The van der Waals surface area contributed by atoms with Gasteiger partial charge in [0.05, 0.1) is 18.5 Å². The molecular weight excluding hydrogens is 446 g/mol. The topological polar surface area (TPSA) is 114 Å². The van der Waals surface area contributed by atoms with Crippen LogP contribution in [0.5, 0.6) is 5.75 Å².